The normalized spacial score (nSPS) is 31.8. The summed E-state index contributed by atoms with van der Waals surface area (Å²) in [7, 11) is 0. The second-order valence-electron chi connectivity index (χ2n) is 4.32. The second kappa shape index (κ2) is 3.13. The van der Waals surface area contributed by atoms with Gasteiger partial charge in [-0.05, 0) is 20.3 Å². The summed E-state index contributed by atoms with van der Waals surface area (Å²) in [5, 5.41) is 0. The van der Waals surface area contributed by atoms with Crippen molar-refractivity contribution in [1.29, 1.82) is 0 Å². The van der Waals surface area contributed by atoms with Crippen molar-refractivity contribution >= 4 is 11.8 Å². The molecule has 0 N–H and O–H groups in total. The maximum absolute atomic E-state index is 11.6. The number of hydrogen-bond donors (Lipinski definition) is 0. The molecular weight excluding hydrogens is 168 g/mol. The number of rotatable bonds is 1. The summed E-state index contributed by atoms with van der Waals surface area (Å²) < 4.78 is 5.11. The van der Waals surface area contributed by atoms with Crippen LogP contribution in [0, 0.1) is 11.3 Å². The summed E-state index contributed by atoms with van der Waals surface area (Å²) in [5.41, 5.74) is -0.509. The zero-order valence-corrected chi connectivity index (χ0v) is 8.59. The van der Waals surface area contributed by atoms with Gasteiger partial charge in [-0.3, -0.25) is 9.59 Å². The predicted octanol–water partition coefficient (Wildman–Crippen LogP) is 1.55. The van der Waals surface area contributed by atoms with E-state index in [4.69, 9.17) is 4.74 Å². The maximum Gasteiger partial charge on any atom is 0.302 e. The van der Waals surface area contributed by atoms with Crippen molar-refractivity contribution in [3.63, 3.8) is 0 Å². The van der Waals surface area contributed by atoms with Crippen LogP contribution in [-0.4, -0.2) is 17.9 Å². The monoisotopic (exact) mass is 184 g/mol. The SMILES string of the molecule is CC(=O)OC1CC(C)C(=O)C1(C)C. The number of hydrogen-bond acceptors (Lipinski definition) is 3. The van der Waals surface area contributed by atoms with Crippen molar-refractivity contribution in [3.8, 4) is 0 Å². The third-order valence-electron chi connectivity index (χ3n) is 2.76. The molecule has 1 aliphatic carbocycles. The maximum atomic E-state index is 11.6. The molecule has 0 spiro atoms. The van der Waals surface area contributed by atoms with Gasteiger partial charge in [0.1, 0.15) is 11.9 Å². The minimum atomic E-state index is -0.509. The van der Waals surface area contributed by atoms with Crippen LogP contribution >= 0.6 is 0 Å². The lowest BCUT2D eigenvalue weighted by Crippen LogP contribution is -2.33. The minimum Gasteiger partial charge on any atom is -0.461 e. The summed E-state index contributed by atoms with van der Waals surface area (Å²) >= 11 is 0. The highest BCUT2D eigenvalue weighted by Crippen LogP contribution is 2.39. The molecule has 74 valence electrons. The van der Waals surface area contributed by atoms with Gasteiger partial charge in [-0.2, -0.15) is 0 Å². The lowest BCUT2D eigenvalue weighted by Gasteiger charge is -2.24. The van der Waals surface area contributed by atoms with Gasteiger partial charge in [0, 0.05) is 12.8 Å². The fourth-order valence-corrected chi connectivity index (χ4v) is 1.91. The molecule has 0 aromatic heterocycles. The van der Waals surface area contributed by atoms with Crippen LogP contribution in [0.1, 0.15) is 34.1 Å². The Balaban J connectivity index is 2.78. The minimum absolute atomic E-state index is 0.0133. The van der Waals surface area contributed by atoms with E-state index in [2.05, 4.69) is 0 Å². The Bertz CT molecular complexity index is 243. The Labute approximate surface area is 78.5 Å². The molecule has 3 nitrogen and oxygen atoms in total. The number of carbonyl (C=O) groups is 2. The van der Waals surface area contributed by atoms with Crippen LogP contribution in [-0.2, 0) is 14.3 Å². The third kappa shape index (κ3) is 1.74. The Morgan fingerprint density at radius 1 is 1.54 bits per heavy atom. The largest absolute Gasteiger partial charge is 0.461 e. The molecule has 2 atom stereocenters. The Morgan fingerprint density at radius 2 is 2.08 bits per heavy atom. The Morgan fingerprint density at radius 3 is 2.38 bits per heavy atom. The fourth-order valence-electron chi connectivity index (χ4n) is 1.91. The molecule has 0 heterocycles. The van der Waals surface area contributed by atoms with Gasteiger partial charge in [0.2, 0.25) is 0 Å². The first-order chi connectivity index (χ1) is 5.85. The molecule has 0 radical (unpaired) electrons. The summed E-state index contributed by atoms with van der Waals surface area (Å²) in [6.45, 7) is 6.94. The van der Waals surface area contributed by atoms with Gasteiger partial charge in [0.25, 0.3) is 0 Å². The van der Waals surface area contributed by atoms with Crippen molar-refractivity contribution < 1.29 is 14.3 Å². The van der Waals surface area contributed by atoms with Gasteiger partial charge >= 0.3 is 5.97 Å². The molecule has 1 rings (SSSR count). The second-order valence-corrected chi connectivity index (χ2v) is 4.32. The number of carbonyl (C=O) groups excluding carboxylic acids is 2. The molecule has 1 saturated carbocycles. The highest BCUT2D eigenvalue weighted by Gasteiger charge is 2.48. The Hall–Kier alpha value is -0.860. The highest BCUT2D eigenvalue weighted by atomic mass is 16.5. The van der Waals surface area contributed by atoms with Crippen molar-refractivity contribution in [2.24, 2.45) is 11.3 Å². The molecule has 2 unspecified atom stereocenters. The van der Waals surface area contributed by atoms with E-state index in [1.54, 1.807) is 0 Å². The van der Waals surface area contributed by atoms with Gasteiger partial charge in [-0.15, -0.1) is 0 Å². The van der Waals surface area contributed by atoms with Crippen LogP contribution in [0.5, 0.6) is 0 Å². The summed E-state index contributed by atoms with van der Waals surface area (Å²) in [6, 6.07) is 0. The number of esters is 1. The lowest BCUT2D eigenvalue weighted by atomic mass is 9.87. The van der Waals surface area contributed by atoms with Crippen LogP contribution in [0.3, 0.4) is 0 Å². The van der Waals surface area contributed by atoms with Crippen molar-refractivity contribution in [2.45, 2.75) is 40.2 Å². The van der Waals surface area contributed by atoms with Crippen molar-refractivity contribution in [2.75, 3.05) is 0 Å². The smallest absolute Gasteiger partial charge is 0.302 e. The van der Waals surface area contributed by atoms with Crippen LogP contribution < -0.4 is 0 Å². The first kappa shape index (κ1) is 10.2. The summed E-state index contributed by atoms with van der Waals surface area (Å²) in [4.78, 5) is 22.4. The van der Waals surface area contributed by atoms with Gasteiger partial charge < -0.3 is 4.74 Å². The summed E-state index contributed by atoms with van der Waals surface area (Å²) in [5.74, 6) is -0.0990. The molecule has 0 bridgehead atoms. The quantitative estimate of drug-likeness (QED) is 0.581. The Kier molecular flexibility index (Phi) is 2.46. The van der Waals surface area contributed by atoms with Crippen LogP contribution in [0.15, 0.2) is 0 Å². The number of Topliss-reactive ketones (excluding diaryl/α,β-unsaturated/α-hetero) is 1. The molecule has 0 aliphatic heterocycles. The topological polar surface area (TPSA) is 43.4 Å². The van der Waals surface area contributed by atoms with E-state index in [1.807, 2.05) is 20.8 Å². The fraction of sp³-hybridized carbons (Fsp3) is 0.800. The molecule has 3 heteroatoms. The van der Waals surface area contributed by atoms with Crippen LogP contribution in [0.25, 0.3) is 0 Å². The van der Waals surface area contributed by atoms with Gasteiger partial charge in [-0.25, -0.2) is 0 Å². The van der Waals surface area contributed by atoms with Gasteiger partial charge in [-0.1, -0.05) is 6.92 Å². The average Bonchev–Trinajstić information content (AvgIpc) is 2.15. The number of ether oxygens (including phenoxy) is 1. The van der Waals surface area contributed by atoms with Gasteiger partial charge in [0.05, 0.1) is 5.41 Å². The van der Waals surface area contributed by atoms with E-state index in [0.717, 1.165) is 0 Å². The van der Waals surface area contributed by atoms with Gasteiger partial charge in [0.15, 0.2) is 0 Å². The molecular formula is C10H16O3. The van der Waals surface area contributed by atoms with Crippen molar-refractivity contribution in [1.82, 2.24) is 0 Å². The molecule has 0 amide bonds. The summed E-state index contributed by atoms with van der Waals surface area (Å²) in [6.07, 6.45) is 0.415. The van der Waals surface area contributed by atoms with Crippen LogP contribution in [0.4, 0.5) is 0 Å². The van der Waals surface area contributed by atoms with E-state index in [-0.39, 0.29) is 23.8 Å². The first-order valence-corrected chi connectivity index (χ1v) is 4.57. The van der Waals surface area contributed by atoms with E-state index >= 15 is 0 Å². The van der Waals surface area contributed by atoms with E-state index < -0.39 is 5.41 Å². The lowest BCUT2D eigenvalue weighted by molar-refractivity contribution is -0.152. The van der Waals surface area contributed by atoms with E-state index in [1.165, 1.54) is 6.92 Å². The molecule has 13 heavy (non-hydrogen) atoms. The standard InChI is InChI=1S/C10H16O3/c1-6-5-8(13-7(2)11)10(3,4)9(6)12/h6,8H,5H2,1-4H3. The zero-order chi connectivity index (χ0) is 10.2. The zero-order valence-electron chi connectivity index (χ0n) is 8.59. The molecule has 0 saturated heterocycles. The predicted molar refractivity (Wildman–Crippen MR) is 48.1 cm³/mol. The van der Waals surface area contributed by atoms with E-state index in [0.29, 0.717) is 6.42 Å². The van der Waals surface area contributed by atoms with E-state index in [9.17, 15) is 9.59 Å². The first-order valence-electron chi connectivity index (χ1n) is 4.57. The van der Waals surface area contributed by atoms with Crippen LogP contribution in [0.2, 0.25) is 0 Å². The highest BCUT2D eigenvalue weighted by molar-refractivity contribution is 5.89. The third-order valence-corrected chi connectivity index (χ3v) is 2.76. The molecule has 0 aromatic carbocycles. The number of ketones is 1. The molecule has 1 fully saturated rings. The molecule has 1 aliphatic rings. The molecule has 0 aromatic rings. The average molecular weight is 184 g/mol. The van der Waals surface area contributed by atoms with Crippen molar-refractivity contribution in [3.05, 3.63) is 0 Å².